The van der Waals surface area contributed by atoms with E-state index in [2.05, 4.69) is 10.3 Å². The molecule has 1 heterocycles. The number of nitrogens with one attached hydrogen (secondary N) is 1. The summed E-state index contributed by atoms with van der Waals surface area (Å²) in [6.07, 6.45) is 4.31. The molecule has 0 saturated heterocycles. The molecule has 2 N–H and O–H groups in total. The molecule has 0 unspecified atom stereocenters. The van der Waals surface area contributed by atoms with Gasteiger partial charge in [-0.25, -0.2) is 4.98 Å². The third kappa shape index (κ3) is 3.16. The summed E-state index contributed by atoms with van der Waals surface area (Å²) in [6, 6.07) is 1.21. The first kappa shape index (κ1) is 14.5. The average molecular weight is 300 g/mol. The van der Waals surface area contributed by atoms with Crippen LogP contribution in [0.25, 0.3) is 0 Å². The molecule has 1 fully saturated rings. The first-order valence-electron chi connectivity index (χ1n) is 6.22. The molecule has 7 nitrogen and oxygen atoms in total. The Kier molecular flexibility index (Phi) is 4.08. The van der Waals surface area contributed by atoms with Gasteiger partial charge in [-0.2, -0.15) is 0 Å². The molecular formula is C12H14ClN3O4. The molecule has 0 atom stereocenters. The van der Waals surface area contributed by atoms with Crippen molar-refractivity contribution in [3.8, 4) is 0 Å². The number of carbonyl (C=O) groups is 1. The smallest absolute Gasteiger partial charge is 0.312 e. The number of aliphatic carboxylic acids is 1. The van der Waals surface area contributed by atoms with Gasteiger partial charge in [0.2, 0.25) is 5.82 Å². The Hall–Kier alpha value is -1.89. The van der Waals surface area contributed by atoms with Crippen molar-refractivity contribution in [1.82, 2.24) is 4.98 Å². The molecule has 1 aliphatic rings. The minimum absolute atomic E-state index is 0.0718. The van der Waals surface area contributed by atoms with E-state index in [0.29, 0.717) is 12.8 Å². The van der Waals surface area contributed by atoms with Crippen LogP contribution in [-0.2, 0) is 4.79 Å². The zero-order valence-corrected chi connectivity index (χ0v) is 11.4. The number of rotatable bonds is 5. The van der Waals surface area contributed by atoms with Crippen LogP contribution in [0.5, 0.6) is 0 Å². The maximum Gasteiger partial charge on any atom is 0.312 e. The molecule has 0 amide bonds. The van der Waals surface area contributed by atoms with E-state index >= 15 is 0 Å². The number of nitrogens with zero attached hydrogens (tertiary/aromatic N) is 2. The summed E-state index contributed by atoms with van der Waals surface area (Å²) in [7, 11) is 0. The molecule has 0 spiro atoms. The monoisotopic (exact) mass is 299 g/mol. The molecule has 0 aromatic carbocycles. The summed E-state index contributed by atoms with van der Waals surface area (Å²) >= 11 is 5.71. The van der Waals surface area contributed by atoms with Crippen LogP contribution >= 0.6 is 11.6 Å². The van der Waals surface area contributed by atoms with Gasteiger partial charge in [-0.15, -0.1) is 0 Å². The Morgan fingerprint density at radius 1 is 1.55 bits per heavy atom. The van der Waals surface area contributed by atoms with Crippen LogP contribution in [0.1, 0.15) is 32.1 Å². The zero-order valence-electron chi connectivity index (χ0n) is 10.6. The van der Waals surface area contributed by atoms with E-state index in [9.17, 15) is 14.9 Å². The fourth-order valence-electron chi connectivity index (χ4n) is 2.60. The van der Waals surface area contributed by atoms with Crippen molar-refractivity contribution in [1.29, 1.82) is 0 Å². The van der Waals surface area contributed by atoms with Crippen molar-refractivity contribution < 1.29 is 14.8 Å². The minimum atomic E-state index is -0.934. The highest BCUT2D eigenvalue weighted by Gasteiger charge is 2.37. The molecule has 8 heteroatoms. The number of aromatic nitrogens is 1. The maximum absolute atomic E-state index is 11.0. The third-order valence-electron chi connectivity index (χ3n) is 3.46. The summed E-state index contributed by atoms with van der Waals surface area (Å²) in [4.78, 5) is 25.4. The molecule has 2 rings (SSSR count). The highest BCUT2D eigenvalue weighted by atomic mass is 35.5. The second kappa shape index (κ2) is 5.62. The maximum atomic E-state index is 11.0. The molecule has 108 valence electrons. The lowest BCUT2D eigenvalue weighted by molar-refractivity contribution is -0.384. The lowest BCUT2D eigenvalue weighted by atomic mass is 9.93. The molecule has 1 saturated carbocycles. The van der Waals surface area contributed by atoms with Gasteiger partial charge in [0.25, 0.3) is 0 Å². The number of nitro groups is 1. The molecule has 1 aliphatic carbocycles. The molecule has 0 aliphatic heterocycles. The van der Waals surface area contributed by atoms with Gasteiger partial charge in [-0.05, 0) is 12.8 Å². The first-order chi connectivity index (χ1) is 9.42. The van der Waals surface area contributed by atoms with Crippen LogP contribution in [0.2, 0.25) is 5.02 Å². The molecule has 0 bridgehead atoms. The van der Waals surface area contributed by atoms with Gasteiger partial charge in [0, 0.05) is 17.8 Å². The Morgan fingerprint density at radius 3 is 2.75 bits per heavy atom. The fraction of sp³-hybridized carbons (Fsp3) is 0.500. The Morgan fingerprint density at radius 2 is 2.20 bits per heavy atom. The van der Waals surface area contributed by atoms with Crippen molar-refractivity contribution in [2.75, 3.05) is 5.32 Å². The molecule has 1 aromatic heterocycles. The van der Waals surface area contributed by atoms with Gasteiger partial charge >= 0.3 is 11.7 Å². The lowest BCUT2D eigenvalue weighted by Gasteiger charge is -2.29. The lowest BCUT2D eigenvalue weighted by Crippen LogP contribution is -2.38. The van der Waals surface area contributed by atoms with Gasteiger partial charge < -0.3 is 10.4 Å². The minimum Gasteiger partial charge on any atom is -0.481 e. The van der Waals surface area contributed by atoms with E-state index in [1.165, 1.54) is 12.3 Å². The van der Waals surface area contributed by atoms with Crippen molar-refractivity contribution >= 4 is 29.1 Å². The molecule has 0 radical (unpaired) electrons. The first-order valence-corrected chi connectivity index (χ1v) is 6.60. The van der Waals surface area contributed by atoms with Gasteiger partial charge in [-0.1, -0.05) is 24.4 Å². The standard InChI is InChI=1S/C12H14ClN3O4/c13-8-5-9(16(19)20)11(14-7-8)15-12(6-10(17)18)3-1-2-4-12/h5,7H,1-4,6H2,(H,14,15)(H,17,18). The summed E-state index contributed by atoms with van der Waals surface area (Å²) in [5.41, 5.74) is -0.911. The second-order valence-electron chi connectivity index (χ2n) is 4.96. The Labute approximate surface area is 120 Å². The van der Waals surface area contributed by atoms with Crippen LogP contribution in [0.15, 0.2) is 12.3 Å². The number of hydrogen-bond donors (Lipinski definition) is 2. The van der Waals surface area contributed by atoms with Crippen molar-refractivity contribution in [3.63, 3.8) is 0 Å². The summed E-state index contributed by atoms with van der Waals surface area (Å²) < 4.78 is 0. The van der Waals surface area contributed by atoms with Gasteiger partial charge in [0.15, 0.2) is 0 Å². The number of pyridine rings is 1. The second-order valence-corrected chi connectivity index (χ2v) is 5.40. The SMILES string of the molecule is O=C(O)CC1(Nc2ncc(Cl)cc2[N+](=O)[O-])CCCC1. The van der Waals surface area contributed by atoms with E-state index in [4.69, 9.17) is 16.7 Å². The third-order valence-corrected chi connectivity index (χ3v) is 3.67. The van der Waals surface area contributed by atoms with Crippen molar-refractivity contribution in [2.24, 2.45) is 0 Å². The summed E-state index contributed by atoms with van der Waals surface area (Å²) in [6.45, 7) is 0. The number of halogens is 1. The Balaban J connectivity index is 2.31. The normalized spacial score (nSPS) is 16.9. The predicted octanol–water partition coefficient (Wildman–Crippen LogP) is 2.84. The number of hydrogen-bond acceptors (Lipinski definition) is 5. The van der Waals surface area contributed by atoms with Crippen LogP contribution in [-0.4, -0.2) is 26.5 Å². The topological polar surface area (TPSA) is 105 Å². The Bertz CT molecular complexity index is 544. The molecule has 20 heavy (non-hydrogen) atoms. The van der Waals surface area contributed by atoms with Gasteiger partial charge in [0.05, 0.1) is 16.4 Å². The number of carboxylic acids is 1. The van der Waals surface area contributed by atoms with E-state index in [1.807, 2.05) is 0 Å². The van der Waals surface area contributed by atoms with Crippen LogP contribution in [0.3, 0.4) is 0 Å². The largest absolute Gasteiger partial charge is 0.481 e. The van der Waals surface area contributed by atoms with E-state index < -0.39 is 16.4 Å². The van der Waals surface area contributed by atoms with Crippen LogP contribution in [0.4, 0.5) is 11.5 Å². The predicted molar refractivity (Wildman–Crippen MR) is 73.0 cm³/mol. The highest BCUT2D eigenvalue weighted by Crippen LogP contribution is 2.38. The number of carboxylic acid groups (broad SMARTS) is 1. The van der Waals surface area contributed by atoms with Crippen molar-refractivity contribution in [2.45, 2.75) is 37.6 Å². The van der Waals surface area contributed by atoms with Gasteiger partial charge in [0.1, 0.15) is 0 Å². The van der Waals surface area contributed by atoms with E-state index in [-0.39, 0.29) is 22.9 Å². The van der Waals surface area contributed by atoms with Crippen LogP contribution < -0.4 is 5.32 Å². The van der Waals surface area contributed by atoms with Gasteiger partial charge in [-0.3, -0.25) is 14.9 Å². The molecule has 1 aromatic rings. The fourth-order valence-corrected chi connectivity index (χ4v) is 2.75. The zero-order chi connectivity index (χ0) is 14.8. The van der Waals surface area contributed by atoms with E-state index in [1.54, 1.807) is 0 Å². The quantitative estimate of drug-likeness (QED) is 0.639. The number of anilines is 1. The van der Waals surface area contributed by atoms with Crippen molar-refractivity contribution in [3.05, 3.63) is 27.4 Å². The summed E-state index contributed by atoms with van der Waals surface area (Å²) in [5, 5.41) is 23.2. The van der Waals surface area contributed by atoms with Crippen LogP contribution in [0, 0.1) is 10.1 Å². The molecular weight excluding hydrogens is 286 g/mol. The van der Waals surface area contributed by atoms with E-state index in [0.717, 1.165) is 12.8 Å². The highest BCUT2D eigenvalue weighted by molar-refractivity contribution is 6.30. The summed E-state index contributed by atoms with van der Waals surface area (Å²) in [5.74, 6) is -0.862. The average Bonchev–Trinajstić information content (AvgIpc) is 2.78.